The van der Waals surface area contributed by atoms with E-state index in [1.54, 1.807) is 0 Å². The maximum atomic E-state index is 3.61. The first-order chi connectivity index (χ1) is 9.65. The van der Waals surface area contributed by atoms with Gasteiger partial charge in [0.1, 0.15) is 0 Å². The average Bonchev–Trinajstić information content (AvgIpc) is 2.42. The van der Waals surface area contributed by atoms with E-state index in [4.69, 9.17) is 0 Å². The number of halogens is 1. The van der Waals surface area contributed by atoms with Crippen LogP contribution in [0.2, 0.25) is 0 Å². The van der Waals surface area contributed by atoms with Crippen LogP contribution in [0.25, 0.3) is 0 Å². The number of thioether (sulfide) groups is 1. The van der Waals surface area contributed by atoms with E-state index in [1.165, 1.54) is 47.0 Å². The second kappa shape index (κ2) is 8.45. The van der Waals surface area contributed by atoms with Gasteiger partial charge in [0.2, 0.25) is 0 Å². The van der Waals surface area contributed by atoms with E-state index in [2.05, 4.69) is 65.1 Å². The molecule has 0 saturated heterocycles. The molecule has 0 heterocycles. The topological polar surface area (TPSA) is 12.0 Å². The summed E-state index contributed by atoms with van der Waals surface area (Å²) in [7, 11) is 0. The quantitative estimate of drug-likeness (QED) is 0.710. The fraction of sp³-hybridized carbons (Fsp3) is 0.647. The SMILES string of the molecule is CC(C)CNCc1cc(Br)ccc1SC1CCCCC1. The minimum atomic E-state index is 0.705. The highest BCUT2D eigenvalue weighted by atomic mass is 79.9. The first-order valence-electron chi connectivity index (χ1n) is 7.81. The van der Waals surface area contributed by atoms with Gasteiger partial charge in [0, 0.05) is 21.2 Å². The summed E-state index contributed by atoms with van der Waals surface area (Å²) in [6.45, 7) is 6.57. The van der Waals surface area contributed by atoms with E-state index in [1.807, 2.05) is 0 Å². The second-order valence-corrected chi connectivity index (χ2v) is 8.41. The van der Waals surface area contributed by atoms with Crippen LogP contribution < -0.4 is 5.32 Å². The van der Waals surface area contributed by atoms with Gasteiger partial charge in [-0.15, -0.1) is 11.8 Å². The Morgan fingerprint density at radius 2 is 2.00 bits per heavy atom. The molecule has 1 aromatic carbocycles. The zero-order chi connectivity index (χ0) is 14.4. The van der Waals surface area contributed by atoms with Gasteiger partial charge in [-0.2, -0.15) is 0 Å². The van der Waals surface area contributed by atoms with Gasteiger partial charge >= 0.3 is 0 Å². The van der Waals surface area contributed by atoms with E-state index >= 15 is 0 Å². The molecule has 1 saturated carbocycles. The van der Waals surface area contributed by atoms with Gasteiger partial charge < -0.3 is 5.32 Å². The molecule has 1 fully saturated rings. The fourth-order valence-electron chi connectivity index (χ4n) is 2.66. The third-order valence-electron chi connectivity index (χ3n) is 3.74. The first-order valence-corrected chi connectivity index (χ1v) is 9.48. The molecular formula is C17H26BrNS. The molecule has 0 aliphatic heterocycles. The van der Waals surface area contributed by atoms with E-state index in [9.17, 15) is 0 Å². The van der Waals surface area contributed by atoms with Crippen molar-refractivity contribution >= 4 is 27.7 Å². The van der Waals surface area contributed by atoms with Crippen molar-refractivity contribution in [3.63, 3.8) is 0 Å². The van der Waals surface area contributed by atoms with Gasteiger partial charge in [-0.25, -0.2) is 0 Å². The van der Waals surface area contributed by atoms with Crippen LogP contribution in [0.5, 0.6) is 0 Å². The van der Waals surface area contributed by atoms with E-state index in [0.717, 1.165) is 18.3 Å². The van der Waals surface area contributed by atoms with Gasteiger partial charge in [0.05, 0.1) is 0 Å². The van der Waals surface area contributed by atoms with Crippen molar-refractivity contribution in [2.75, 3.05) is 6.54 Å². The number of hydrogen-bond donors (Lipinski definition) is 1. The lowest BCUT2D eigenvalue weighted by atomic mass is 10.0. The minimum absolute atomic E-state index is 0.705. The molecule has 0 radical (unpaired) electrons. The Kier molecular flexibility index (Phi) is 6.92. The molecule has 2 rings (SSSR count). The summed E-state index contributed by atoms with van der Waals surface area (Å²) >= 11 is 5.70. The van der Waals surface area contributed by atoms with Gasteiger partial charge in [-0.3, -0.25) is 0 Å². The third-order valence-corrected chi connectivity index (χ3v) is 5.69. The molecule has 0 spiro atoms. The Bertz CT molecular complexity index is 413. The molecule has 0 unspecified atom stereocenters. The molecule has 1 aromatic rings. The highest BCUT2D eigenvalue weighted by molar-refractivity contribution is 9.10. The molecule has 1 N–H and O–H groups in total. The summed E-state index contributed by atoms with van der Waals surface area (Å²) in [5.74, 6) is 0.705. The normalized spacial score (nSPS) is 16.8. The monoisotopic (exact) mass is 355 g/mol. The van der Waals surface area contributed by atoms with Crippen molar-refractivity contribution in [2.45, 2.75) is 62.6 Å². The number of nitrogens with one attached hydrogen (secondary N) is 1. The molecular weight excluding hydrogens is 330 g/mol. The Labute approximate surface area is 136 Å². The largest absolute Gasteiger partial charge is 0.312 e. The van der Waals surface area contributed by atoms with Crippen LogP contribution in [-0.4, -0.2) is 11.8 Å². The van der Waals surface area contributed by atoms with Crippen LogP contribution in [0.15, 0.2) is 27.6 Å². The lowest BCUT2D eigenvalue weighted by Gasteiger charge is -2.22. The van der Waals surface area contributed by atoms with E-state index in [-0.39, 0.29) is 0 Å². The smallest absolute Gasteiger partial charge is 0.0217 e. The fourth-order valence-corrected chi connectivity index (χ4v) is 4.42. The van der Waals surface area contributed by atoms with E-state index < -0.39 is 0 Å². The van der Waals surface area contributed by atoms with Crippen LogP contribution in [0.3, 0.4) is 0 Å². The van der Waals surface area contributed by atoms with Crippen molar-refractivity contribution < 1.29 is 0 Å². The van der Waals surface area contributed by atoms with Crippen LogP contribution >= 0.6 is 27.7 Å². The molecule has 1 nitrogen and oxygen atoms in total. The van der Waals surface area contributed by atoms with Crippen LogP contribution in [0.4, 0.5) is 0 Å². The van der Waals surface area contributed by atoms with Crippen LogP contribution in [0, 0.1) is 5.92 Å². The summed E-state index contributed by atoms with van der Waals surface area (Å²) in [5.41, 5.74) is 1.44. The van der Waals surface area contributed by atoms with Crippen molar-refractivity contribution in [2.24, 2.45) is 5.92 Å². The summed E-state index contributed by atoms with van der Waals surface area (Å²) in [4.78, 5) is 1.47. The summed E-state index contributed by atoms with van der Waals surface area (Å²) in [6.07, 6.45) is 7.03. The Morgan fingerprint density at radius 1 is 1.25 bits per heavy atom. The highest BCUT2D eigenvalue weighted by Gasteiger charge is 2.16. The van der Waals surface area contributed by atoms with Crippen LogP contribution in [0.1, 0.15) is 51.5 Å². The Morgan fingerprint density at radius 3 is 2.70 bits per heavy atom. The lowest BCUT2D eigenvalue weighted by molar-refractivity contribution is 0.515. The molecule has 20 heavy (non-hydrogen) atoms. The van der Waals surface area contributed by atoms with Crippen molar-refractivity contribution in [3.8, 4) is 0 Å². The molecule has 0 amide bonds. The molecule has 0 atom stereocenters. The standard InChI is InChI=1S/C17H26BrNS/c1-13(2)11-19-12-14-10-15(18)8-9-17(14)20-16-6-4-3-5-7-16/h8-10,13,16,19H,3-7,11-12H2,1-2H3. The summed E-state index contributed by atoms with van der Waals surface area (Å²) < 4.78 is 1.19. The number of rotatable bonds is 6. The zero-order valence-corrected chi connectivity index (χ0v) is 15.0. The Balaban J connectivity index is 1.98. The molecule has 112 valence electrons. The van der Waals surface area contributed by atoms with E-state index in [0.29, 0.717) is 5.92 Å². The molecule has 0 bridgehead atoms. The predicted molar refractivity (Wildman–Crippen MR) is 93.4 cm³/mol. The maximum Gasteiger partial charge on any atom is 0.0217 e. The predicted octanol–water partition coefficient (Wildman–Crippen LogP) is 5.62. The van der Waals surface area contributed by atoms with Crippen molar-refractivity contribution in [1.82, 2.24) is 5.32 Å². The first kappa shape index (κ1) is 16.4. The second-order valence-electron chi connectivity index (χ2n) is 6.15. The molecule has 3 heteroatoms. The van der Waals surface area contributed by atoms with Crippen LogP contribution in [-0.2, 0) is 6.54 Å². The number of benzene rings is 1. The molecule has 0 aromatic heterocycles. The summed E-state index contributed by atoms with van der Waals surface area (Å²) in [5, 5.41) is 4.40. The third kappa shape index (κ3) is 5.42. The highest BCUT2D eigenvalue weighted by Crippen LogP contribution is 2.36. The number of hydrogen-bond acceptors (Lipinski definition) is 2. The Hall–Kier alpha value is 0.01000. The summed E-state index contributed by atoms with van der Waals surface area (Å²) in [6, 6.07) is 6.74. The average molecular weight is 356 g/mol. The van der Waals surface area contributed by atoms with Gasteiger partial charge in [0.25, 0.3) is 0 Å². The van der Waals surface area contributed by atoms with Crippen molar-refractivity contribution in [1.29, 1.82) is 0 Å². The van der Waals surface area contributed by atoms with Crippen molar-refractivity contribution in [3.05, 3.63) is 28.2 Å². The molecule has 1 aliphatic rings. The zero-order valence-electron chi connectivity index (χ0n) is 12.6. The van der Waals surface area contributed by atoms with Gasteiger partial charge in [-0.05, 0) is 49.1 Å². The lowest BCUT2D eigenvalue weighted by Crippen LogP contribution is -2.19. The van der Waals surface area contributed by atoms with Gasteiger partial charge in [-0.1, -0.05) is 49.0 Å². The minimum Gasteiger partial charge on any atom is -0.312 e. The maximum absolute atomic E-state index is 3.61. The van der Waals surface area contributed by atoms with Gasteiger partial charge in [0.15, 0.2) is 0 Å². The molecule has 1 aliphatic carbocycles.